The van der Waals surface area contributed by atoms with Crippen molar-refractivity contribution in [2.24, 2.45) is 0 Å². The number of carbonyl (C=O) groups is 3. The standard InChI is InChI=1S/C21H18N2O6/c1-12-8-9-17-15(10-12)16(24)11-18(29-17)21(27)28-13(2)19(25)22-23-20(26)14-6-4-3-5-7-14/h3-11,13H,1-2H3,(H,22,25)(H,23,26)/t13-/m1/s1. The van der Waals surface area contributed by atoms with Crippen molar-refractivity contribution in [3.63, 3.8) is 0 Å². The van der Waals surface area contributed by atoms with Crippen molar-refractivity contribution in [3.05, 3.63) is 81.7 Å². The molecular formula is C21H18N2O6. The van der Waals surface area contributed by atoms with Gasteiger partial charge in [0, 0.05) is 11.6 Å². The number of benzene rings is 2. The number of aryl methyl sites for hydroxylation is 1. The van der Waals surface area contributed by atoms with E-state index in [1.807, 2.05) is 6.92 Å². The molecule has 8 nitrogen and oxygen atoms in total. The molecule has 0 bridgehead atoms. The molecule has 29 heavy (non-hydrogen) atoms. The summed E-state index contributed by atoms with van der Waals surface area (Å²) in [6.45, 7) is 3.16. The van der Waals surface area contributed by atoms with Gasteiger partial charge in [0.2, 0.25) is 5.76 Å². The molecule has 2 amide bonds. The summed E-state index contributed by atoms with van der Waals surface area (Å²) in [5, 5.41) is 0.343. The Kier molecular flexibility index (Phi) is 5.73. The van der Waals surface area contributed by atoms with Gasteiger partial charge in [-0.05, 0) is 38.1 Å². The van der Waals surface area contributed by atoms with Gasteiger partial charge in [-0.3, -0.25) is 25.2 Å². The third-order valence-electron chi connectivity index (χ3n) is 4.07. The van der Waals surface area contributed by atoms with Crippen LogP contribution in [0.2, 0.25) is 0 Å². The number of hydrogen-bond acceptors (Lipinski definition) is 6. The number of ether oxygens (including phenoxy) is 1. The Morgan fingerprint density at radius 2 is 1.72 bits per heavy atom. The minimum Gasteiger partial charge on any atom is -0.449 e. The first kappa shape index (κ1) is 19.8. The van der Waals surface area contributed by atoms with E-state index >= 15 is 0 Å². The Morgan fingerprint density at radius 3 is 2.45 bits per heavy atom. The van der Waals surface area contributed by atoms with E-state index in [0.717, 1.165) is 11.6 Å². The first-order valence-corrected chi connectivity index (χ1v) is 8.76. The SMILES string of the molecule is Cc1ccc2oc(C(=O)O[C@H](C)C(=O)NNC(=O)c3ccccc3)cc(=O)c2c1. The van der Waals surface area contributed by atoms with Crippen LogP contribution in [0.25, 0.3) is 11.0 Å². The van der Waals surface area contributed by atoms with Crippen LogP contribution in [0.4, 0.5) is 0 Å². The van der Waals surface area contributed by atoms with Crippen molar-refractivity contribution in [1.29, 1.82) is 0 Å². The Labute approximate surface area is 165 Å². The Morgan fingerprint density at radius 1 is 1.00 bits per heavy atom. The lowest BCUT2D eigenvalue weighted by Crippen LogP contribution is -2.46. The zero-order valence-electron chi connectivity index (χ0n) is 15.7. The number of rotatable bonds is 4. The van der Waals surface area contributed by atoms with Crippen LogP contribution in [0.1, 0.15) is 33.4 Å². The molecule has 0 saturated heterocycles. The summed E-state index contributed by atoms with van der Waals surface area (Å²) in [6.07, 6.45) is -1.24. The Balaban J connectivity index is 1.63. The fraction of sp³-hybridized carbons (Fsp3) is 0.143. The molecule has 1 heterocycles. The van der Waals surface area contributed by atoms with Gasteiger partial charge >= 0.3 is 5.97 Å². The number of fused-ring (bicyclic) bond motifs is 1. The summed E-state index contributed by atoms with van der Waals surface area (Å²) < 4.78 is 10.4. The molecule has 2 aromatic carbocycles. The molecule has 0 aliphatic heterocycles. The van der Waals surface area contributed by atoms with Crippen molar-refractivity contribution in [3.8, 4) is 0 Å². The van der Waals surface area contributed by atoms with Gasteiger partial charge in [0.25, 0.3) is 11.8 Å². The molecule has 0 unspecified atom stereocenters. The van der Waals surface area contributed by atoms with Crippen molar-refractivity contribution in [2.75, 3.05) is 0 Å². The van der Waals surface area contributed by atoms with Crippen LogP contribution in [0.15, 0.2) is 63.8 Å². The predicted molar refractivity (Wildman–Crippen MR) is 104 cm³/mol. The molecule has 0 aliphatic carbocycles. The summed E-state index contributed by atoms with van der Waals surface area (Å²) in [7, 11) is 0. The van der Waals surface area contributed by atoms with Crippen molar-refractivity contribution in [2.45, 2.75) is 20.0 Å². The van der Waals surface area contributed by atoms with Gasteiger partial charge < -0.3 is 9.15 Å². The smallest absolute Gasteiger partial charge is 0.375 e. The van der Waals surface area contributed by atoms with Gasteiger partial charge in [-0.25, -0.2) is 4.79 Å². The summed E-state index contributed by atoms with van der Waals surface area (Å²) in [6, 6.07) is 14.3. The number of nitrogens with one attached hydrogen (secondary N) is 2. The minimum absolute atomic E-state index is 0.238. The first-order chi connectivity index (χ1) is 13.8. The van der Waals surface area contributed by atoms with E-state index in [1.165, 1.54) is 6.92 Å². The van der Waals surface area contributed by atoms with Gasteiger partial charge in [-0.15, -0.1) is 0 Å². The molecule has 3 aromatic rings. The van der Waals surface area contributed by atoms with Crippen LogP contribution < -0.4 is 16.3 Å². The van der Waals surface area contributed by atoms with Crippen molar-refractivity contribution in [1.82, 2.24) is 10.9 Å². The van der Waals surface area contributed by atoms with E-state index < -0.39 is 29.3 Å². The highest BCUT2D eigenvalue weighted by molar-refractivity contribution is 5.96. The molecule has 0 spiro atoms. The van der Waals surface area contributed by atoms with E-state index in [1.54, 1.807) is 48.5 Å². The Hall–Kier alpha value is -3.94. The maximum Gasteiger partial charge on any atom is 0.375 e. The van der Waals surface area contributed by atoms with Crippen molar-refractivity contribution < 1.29 is 23.5 Å². The average molecular weight is 394 g/mol. The average Bonchev–Trinajstić information content (AvgIpc) is 2.72. The zero-order valence-corrected chi connectivity index (χ0v) is 15.7. The lowest BCUT2D eigenvalue weighted by molar-refractivity contribution is -0.129. The molecule has 1 aromatic heterocycles. The highest BCUT2D eigenvalue weighted by Crippen LogP contribution is 2.15. The molecule has 0 radical (unpaired) electrons. The van der Waals surface area contributed by atoms with Gasteiger partial charge in [0.15, 0.2) is 11.5 Å². The summed E-state index contributed by atoms with van der Waals surface area (Å²) in [4.78, 5) is 48.4. The van der Waals surface area contributed by atoms with Crippen LogP contribution in [-0.2, 0) is 9.53 Å². The maximum atomic E-state index is 12.3. The molecule has 148 valence electrons. The molecule has 2 N–H and O–H groups in total. The summed E-state index contributed by atoms with van der Waals surface area (Å²) in [5.74, 6) is -2.56. The molecular weight excluding hydrogens is 376 g/mol. The van der Waals surface area contributed by atoms with Crippen LogP contribution in [0.3, 0.4) is 0 Å². The first-order valence-electron chi connectivity index (χ1n) is 8.76. The summed E-state index contributed by atoms with van der Waals surface area (Å²) in [5.41, 5.74) is 5.48. The second-order valence-electron chi connectivity index (χ2n) is 6.33. The molecule has 1 atom stereocenters. The molecule has 0 saturated carbocycles. The molecule has 3 rings (SSSR count). The largest absolute Gasteiger partial charge is 0.449 e. The molecule has 8 heteroatoms. The number of amides is 2. The van der Waals surface area contributed by atoms with E-state index in [4.69, 9.17) is 9.15 Å². The second-order valence-corrected chi connectivity index (χ2v) is 6.33. The van der Waals surface area contributed by atoms with E-state index in [-0.39, 0.29) is 11.3 Å². The third-order valence-corrected chi connectivity index (χ3v) is 4.07. The topological polar surface area (TPSA) is 115 Å². The normalized spacial score (nSPS) is 11.5. The van der Waals surface area contributed by atoms with Crippen molar-refractivity contribution >= 4 is 28.8 Å². The number of carbonyl (C=O) groups excluding carboxylic acids is 3. The molecule has 0 aliphatic rings. The maximum absolute atomic E-state index is 12.3. The van der Waals surface area contributed by atoms with Crippen LogP contribution in [-0.4, -0.2) is 23.9 Å². The fourth-order valence-electron chi connectivity index (χ4n) is 2.52. The van der Waals surface area contributed by atoms with E-state index in [9.17, 15) is 19.2 Å². The fourth-order valence-corrected chi connectivity index (χ4v) is 2.52. The highest BCUT2D eigenvalue weighted by Gasteiger charge is 2.22. The lowest BCUT2D eigenvalue weighted by Gasteiger charge is -2.14. The summed E-state index contributed by atoms with van der Waals surface area (Å²) >= 11 is 0. The highest BCUT2D eigenvalue weighted by atomic mass is 16.6. The molecule has 0 fully saturated rings. The van der Waals surface area contributed by atoms with Gasteiger partial charge in [0.1, 0.15) is 5.58 Å². The van der Waals surface area contributed by atoms with Crippen LogP contribution in [0.5, 0.6) is 0 Å². The van der Waals surface area contributed by atoms with Gasteiger partial charge in [-0.1, -0.05) is 29.8 Å². The number of hydrazine groups is 1. The number of esters is 1. The lowest BCUT2D eigenvalue weighted by atomic mass is 10.1. The van der Waals surface area contributed by atoms with Gasteiger partial charge in [-0.2, -0.15) is 0 Å². The van der Waals surface area contributed by atoms with E-state index in [2.05, 4.69) is 10.9 Å². The Bertz CT molecular complexity index is 1140. The third kappa shape index (κ3) is 4.67. The predicted octanol–water partition coefficient (Wildman–Crippen LogP) is 2.11. The van der Waals surface area contributed by atoms with Gasteiger partial charge in [0.05, 0.1) is 5.39 Å². The number of hydrogen-bond donors (Lipinski definition) is 2. The van der Waals surface area contributed by atoms with E-state index in [0.29, 0.717) is 10.9 Å². The quantitative estimate of drug-likeness (QED) is 0.517. The monoisotopic (exact) mass is 394 g/mol. The van der Waals surface area contributed by atoms with Crippen LogP contribution >= 0.6 is 0 Å². The zero-order chi connectivity index (χ0) is 21.0. The van der Waals surface area contributed by atoms with Crippen LogP contribution in [0, 0.1) is 6.92 Å². The minimum atomic E-state index is -1.24. The second kappa shape index (κ2) is 8.39.